The molecule has 0 heterocycles. The fraction of sp³-hybridized carbons (Fsp3) is 0.538. The zero-order chi connectivity index (χ0) is 14.3. The van der Waals surface area contributed by atoms with Crippen molar-refractivity contribution >= 4 is 18.3 Å². The second-order valence-electron chi connectivity index (χ2n) is 4.24. The largest absolute Gasteiger partial charge is 0.497 e. The van der Waals surface area contributed by atoms with E-state index in [9.17, 15) is 10.1 Å². The number of nitro groups is 1. The standard InChI is InChI=1S/C13H19NO4S/c1-3-4-10(9-19)8-18-13-7-11(17-2)5-6-12(13)14(15)16/h5-7,10,19H,3-4,8-9H2,1-2H3. The predicted octanol–water partition coefficient (Wildman–Crippen LogP) is 3.33. The van der Waals surface area contributed by atoms with E-state index in [0.29, 0.717) is 24.0 Å². The van der Waals surface area contributed by atoms with E-state index in [-0.39, 0.29) is 11.4 Å². The molecule has 5 nitrogen and oxygen atoms in total. The molecule has 0 saturated carbocycles. The molecule has 0 spiro atoms. The Morgan fingerprint density at radius 3 is 2.74 bits per heavy atom. The van der Waals surface area contributed by atoms with Crippen LogP contribution in [0.4, 0.5) is 5.69 Å². The molecule has 0 aromatic heterocycles. The van der Waals surface area contributed by atoms with Gasteiger partial charge in [-0.3, -0.25) is 10.1 Å². The summed E-state index contributed by atoms with van der Waals surface area (Å²) < 4.78 is 10.6. The molecule has 1 unspecified atom stereocenters. The lowest BCUT2D eigenvalue weighted by atomic mass is 10.1. The van der Waals surface area contributed by atoms with Crippen LogP contribution in [0, 0.1) is 16.0 Å². The number of rotatable bonds is 8. The van der Waals surface area contributed by atoms with E-state index in [1.165, 1.54) is 13.2 Å². The van der Waals surface area contributed by atoms with Crippen molar-refractivity contribution in [1.29, 1.82) is 0 Å². The lowest BCUT2D eigenvalue weighted by Crippen LogP contribution is -2.14. The highest BCUT2D eigenvalue weighted by Gasteiger charge is 2.17. The number of hydrogen-bond acceptors (Lipinski definition) is 5. The highest BCUT2D eigenvalue weighted by Crippen LogP contribution is 2.31. The van der Waals surface area contributed by atoms with E-state index in [2.05, 4.69) is 19.6 Å². The number of thiol groups is 1. The van der Waals surface area contributed by atoms with E-state index in [4.69, 9.17) is 9.47 Å². The second kappa shape index (κ2) is 7.89. The van der Waals surface area contributed by atoms with Gasteiger partial charge in [0.2, 0.25) is 5.75 Å². The highest BCUT2D eigenvalue weighted by atomic mass is 32.1. The molecule has 106 valence electrons. The zero-order valence-corrected chi connectivity index (χ0v) is 12.1. The maximum absolute atomic E-state index is 10.9. The normalized spacial score (nSPS) is 11.9. The van der Waals surface area contributed by atoms with Crippen molar-refractivity contribution in [1.82, 2.24) is 0 Å². The van der Waals surface area contributed by atoms with E-state index in [1.807, 2.05) is 0 Å². The first-order valence-corrected chi connectivity index (χ1v) is 6.81. The summed E-state index contributed by atoms with van der Waals surface area (Å²) in [6.45, 7) is 2.51. The minimum absolute atomic E-state index is 0.0461. The van der Waals surface area contributed by atoms with E-state index in [0.717, 1.165) is 12.8 Å². The third-order valence-electron chi connectivity index (χ3n) is 2.79. The Labute approximate surface area is 118 Å². The lowest BCUT2D eigenvalue weighted by molar-refractivity contribution is -0.385. The number of hydrogen-bond donors (Lipinski definition) is 1. The molecule has 1 rings (SSSR count). The number of ether oxygens (including phenoxy) is 2. The fourth-order valence-electron chi connectivity index (χ4n) is 1.73. The molecule has 0 N–H and O–H groups in total. The maximum atomic E-state index is 10.9. The van der Waals surface area contributed by atoms with Crippen molar-refractivity contribution in [3.8, 4) is 11.5 Å². The van der Waals surface area contributed by atoms with Crippen molar-refractivity contribution < 1.29 is 14.4 Å². The molecule has 6 heteroatoms. The second-order valence-corrected chi connectivity index (χ2v) is 4.60. The summed E-state index contributed by atoms with van der Waals surface area (Å²) in [6, 6.07) is 4.48. The third-order valence-corrected chi connectivity index (χ3v) is 3.31. The van der Waals surface area contributed by atoms with Gasteiger partial charge in [-0.2, -0.15) is 12.6 Å². The molecular formula is C13H19NO4S. The highest BCUT2D eigenvalue weighted by molar-refractivity contribution is 7.80. The number of benzene rings is 1. The van der Waals surface area contributed by atoms with Crippen LogP contribution < -0.4 is 9.47 Å². The Morgan fingerprint density at radius 1 is 1.47 bits per heavy atom. The van der Waals surface area contributed by atoms with Gasteiger partial charge < -0.3 is 9.47 Å². The number of nitrogens with zero attached hydrogens (tertiary/aromatic N) is 1. The van der Waals surface area contributed by atoms with Crippen LogP contribution in [0.3, 0.4) is 0 Å². The first-order valence-electron chi connectivity index (χ1n) is 6.18. The topological polar surface area (TPSA) is 61.6 Å². The van der Waals surface area contributed by atoms with Gasteiger partial charge in [0.15, 0.2) is 0 Å². The van der Waals surface area contributed by atoms with E-state index in [1.54, 1.807) is 12.1 Å². The van der Waals surface area contributed by atoms with Crippen LogP contribution in [0.25, 0.3) is 0 Å². The molecule has 1 aromatic rings. The molecule has 1 atom stereocenters. The Hall–Kier alpha value is -1.43. The van der Waals surface area contributed by atoms with Crippen molar-refractivity contribution in [3.05, 3.63) is 28.3 Å². The van der Waals surface area contributed by atoms with Gasteiger partial charge in [-0.15, -0.1) is 0 Å². The number of methoxy groups -OCH3 is 1. The monoisotopic (exact) mass is 285 g/mol. The van der Waals surface area contributed by atoms with Crippen LogP contribution in [0.2, 0.25) is 0 Å². The molecule has 0 saturated heterocycles. The van der Waals surface area contributed by atoms with E-state index < -0.39 is 4.92 Å². The van der Waals surface area contributed by atoms with Crippen LogP contribution in [0.15, 0.2) is 18.2 Å². The Balaban J connectivity index is 2.82. The van der Waals surface area contributed by atoms with Crippen LogP contribution in [0.1, 0.15) is 19.8 Å². The molecule has 0 aliphatic heterocycles. The molecule has 1 aromatic carbocycles. The minimum atomic E-state index is -0.454. The van der Waals surface area contributed by atoms with Crippen molar-refractivity contribution in [2.75, 3.05) is 19.5 Å². The van der Waals surface area contributed by atoms with Crippen LogP contribution in [0.5, 0.6) is 11.5 Å². The van der Waals surface area contributed by atoms with Gasteiger partial charge in [0.25, 0.3) is 0 Å². The van der Waals surface area contributed by atoms with Gasteiger partial charge in [0, 0.05) is 18.1 Å². The van der Waals surface area contributed by atoms with Gasteiger partial charge in [-0.05, 0) is 18.2 Å². The maximum Gasteiger partial charge on any atom is 0.311 e. The minimum Gasteiger partial charge on any atom is -0.497 e. The van der Waals surface area contributed by atoms with Crippen molar-refractivity contribution in [3.63, 3.8) is 0 Å². The summed E-state index contributed by atoms with van der Waals surface area (Å²) in [6.07, 6.45) is 2.02. The Bertz CT molecular complexity index is 425. The van der Waals surface area contributed by atoms with Crippen LogP contribution >= 0.6 is 12.6 Å². The first-order chi connectivity index (χ1) is 9.12. The summed E-state index contributed by atoms with van der Waals surface area (Å²) in [7, 11) is 1.51. The fourth-order valence-corrected chi connectivity index (χ4v) is 2.02. The van der Waals surface area contributed by atoms with Crippen molar-refractivity contribution in [2.24, 2.45) is 5.92 Å². The quantitative estimate of drug-likeness (QED) is 0.452. The number of nitro benzene ring substituents is 1. The van der Waals surface area contributed by atoms with Gasteiger partial charge in [0.05, 0.1) is 18.6 Å². The summed E-state index contributed by atoms with van der Waals surface area (Å²) in [5.74, 6) is 1.77. The van der Waals surface area contributed by atoms with Crippen LogP contribution in [-0.2, 0) is 0 Å². The molecule has 0 amide bonds. The predicted molar refractivity (Wildman–Crippen MR) is 77.4 cm³/mol. The van der Waals surface area contributed by atoms with Gasteiger partial charge in [-0.1, -0.05) is 13.3 Å². The Kier molecular flexibility index (Phi) is 6.49. The van der Waals surface area contributed by atoms with E-state index >= 15 is 0 Å². The smallest absolute Gasteiger partial charge is 0.311 e. The summed E-state index contributed by atoms with van der Waals surface area (Å²) in [5.41, 5.74) is -0.0461. The Morgan fingerprint density at radius 2 is 2.21 bits per heavy atom. The van der Waals surface area contributed by atoms with Crippen molar-refractivity contribution in [2.45, 2.75) is 19.8 Å². The molecule has 0 radical (unpaired) electrons. The van der Waals surface area contributed by atoms with Gasteiger partial charge in [-0.25, -0.2) is 0 Å². The lowest BCUT2D eigenvalue weighted by Gasteiger charge is -2.15. The molecule has 0 aliphatic carbocycles. The summed E-state index contributed by atoms with van der Waals surface area (Å²) in [4.78, 5) is 10.5. The third kappa shape index (κ3) is 4.63. The molecule has 19 heavy (non-hydrogen) atoms. The first kappa shape index (κ1) is 15.6. The molecule has 0 aliphatic rings. The molecule has 0 bridgehead atoms. The van der Waals surface area contributed by atoms with Crippen LogP contribution in [-0.4, -0.2) is 24.4 Å². The SMILES string of the molecule is CCCC(CS)COc1cc(OC)ccc1[N+](=O)[O-]. The summed E-state index contributed by atoms with van der Waals surface area (Å²) in [5, 5.41) is 10.9. The van der Waals surface area contributed by atoms with Gasteiger partial charge >= 0.3 is 5.69 Å². The van der Waals surface area contributed by atoms with Gasteiger partial charge in [0.1, 0.15) is 5.75 Å². The molecular weight excluding hydrogens is 266 g/mol. The average Bonchev–Trinajstić information content (AvgIpc) is 2.42. The summed E-state index contributed by atoms with van der Waals surface area (Å²) >= 11 is 4.26. The zero-order valence-electron chi connectivity index (χ0n) is 11.2. The molecule has 0 fully saturated rings. The average molecular weight is 285 g/mol.